The van der Waals surface area contributed by atoms with Crippen LogP contribution in [0.25, 0.3) is 11.3 Å². The van der Waals surface area contributed by atoms with Crippen LogP contribution in [0.15, 0.2) is 30.5 Å². The number of carbonyl (C=O) groups excluding carboxylic acids is 1. The fraction of sp³-hybridized carbons (Fsp3) is 0.333. The van der Waals surface area contributed by atoms with Gasteiger partial charge in [0, 0.05) is 5.56 Å². The SMILES string of the molecule is CCC(C)(C)c1ccc(-c2[nH]ncc2C=O)cc1. The summed E-state index contributed by atoms with van der Waals surface area (Å²) in [4.78, 5) is 10.9. The van der Waals surface area contributed by atoms with Gasteiger partial charge in [0.15, 0.2) is 6.29 Å². The van der Waals surface area contributed by atoms with E-state index >= 15 is 0 Å². The Hall–Kier alpha value is -1.90. The van der Waals surface area contributed by atoms with Gasteiger partial charge in [0.1, 0.15) is 0 Å². The number of nitrogens with zero attached hydrogens (tertiary/aromatic N) is 1. The van der Waals surface area contributed by atoms with E-state index in [0.717, 1.165) is 24.0 Å². The number of hydrogen-bond acceptors (Lipinski definition) is 2. The molecule has 0 atom stereocenters. The van der Waals surface area contributed by atoms with Gasteiger partial charge in [0.25, 0.3) is 0 Å². The summed E-state index contributed by atoms with van der Waals surface area (Å²) in [7, 11) is 0. The highest BCUT2D eigenvalue weighted by atomic mass is 16.1. The molecule has 0 aliphatic carbocycles. The standard InChI is InChI=1S/C15H18N2O/c1-4-15(2,3)13-7-5-11(6-8-13)14-12(10-18)9-16-17-14/h5-10H,4H2,1-3H3,(H,16,17). The average molecular weight is 242 g/mol. The molecule has 0 aliphatic heterocycles. The van der Waals surface area contributed by atoms with E-state index in [1.807, 2.05) is 12.1 Å². The molecule has 0 bridgehead atoms. The predicted molar refractivity (Wildman–Crippen MR) is 72.7 cm³/mol. The average Bonchev–Trinajstić information content (AvgIpc) is 2.87. The summed E-state index contributed by atoms with van der Waals surface area (Å²) < 4.78 is 0. The first kappa shape index (κ1) is 12.6. The largest absolute Gasteiger partial charge is 0.298 e. The molecule has 1 aromatic carbocycles. The predicted octanol–water partition coefficient (Wildman–Crippen LogP) is 3.58. The van der Waals surface area contributed by atoms with Gasteiger partial charge in [-0.3, -0.25) is 9.89 Å². The van der Waals surface area contributed by atoms with Crippen LogP contribution in [0.5, 0.6) is 0 Å². The zero-order chi connectivity index (χ0) is 13.2. The van der Waals surface area contributed by atoms with E-state index in [-0.39, 0.29) is 5.41 Å². The lowest BCUT2D eigenvalue weighted by Crippen LogP contribution is -2.14. The van der Waals surface area contributed by atoms with Crippen LogP contribution in [-0.4, -0.2) is 16.5 Å². The van der Waals surface area contributed by atoms with E-state index in [4.69, 9.17) is 0 Å². The first-order valence-corrected chi connectivity index (χ1v) is 6.18. The van der Waals surface area contributed by atoms with Gasteiger partial charge < -0.3 is 0 Å². The minimum absolute atomic E-state index is 0.181. The van der Waals surface area contributed by atoms with Crippen molar-refractivity contribution in [1.82, 2.24) is 10.2 Å². The Morgan fingerprint density at radius 1 is 1.28 bits per heavy atom. The Morgan fingerprint density at radius 2 is 1.94 bits per heavy atom. The maximum atomic E-state index is 10.9. The Morgan fingerprint density at radius 3 is 2.50 bits per heavy atom. The molecule has 0 saturated carbocycles. The molecule has 1 aromatic heterocycles. The van der Waals surface area contributed by atoms with Crippen molar-refractivity contribution in [3.05, 3.63) is 41.6 Å². The van der Waals surface area contributed by atoms with Gasteiger partial charge in [-0.2, -0.15) is 5.10 Å². The fourth-order valence-corrected chi connectivity index (χ4v) is 1.91. The molecule has 1 N–H and O–H groups in total. The Bertz CT molecular complexity index is 538. The van der Waals surface area contributed by atoms with Gasteiger partial charge in [-0.25, -0.2) is 0 Å². The van der Waals surface area contributed by atoms with Gasteiger partial charge >= 0.3 is 0 Å². The molecular weight excluding hydrogens is 224 g/mol. The molecule has 94 valence electrons. The fourth-order valence-electron chi connectivity index (χ4n) is 1.91. The molecule has 0 unspecified atom stereocenters. The number of aldehydes is 1. The highest BCUT2D eigenvalue weighted by molar-refractivity contribution is 5.85. The molecule has 18 heavy (non-hydrogen) atoms. The van der Waals surface area contributed by atoms with Crippen LogP contribution < -0.4 is 0 Å². The van der Waals surface area contributed by atoms with Crippen molar-refractivity contribution in [2.75, 3.05) is 0 Å². The van der Waals surface area contributed by atoms with Crippen molar-refractivity contribution in [3.8, 4) is 11.3 Å². The molecule has 0 fully saturated rings. The van der Waals surface area contributed by atoms with Crippen molar-refractivity contribution >= 4 is 6.29 Å². The minimum atomic E-state index is 0.181. The normalized spacial score (nSPS) is 11.5. The lowest BCUT2D eigenvalue weighted by atomic mass is 9.82. The molecule has 0 aliphatic rings. The zero-order valence-corrected chi connectivity index (χ0v) is 11.0. The first-order valence-electron chi connectivity index (χ1n) is 6.18. The first-order chi connectivity index (χ1) is 8.58. The lowest BCUT2D eigenvalue weighted by Gasteiger charge is -2.23. The van der Waals surface area contributed by atoms with E-state index in [9.17, 15) is 4.79 Å². The number of benzene rings is 1. The van der Waals surface area contributed by atoms with Crippen LogP contribution in [0.3, 0.4) is 0 Å². The molecule has 3 nitrogen and oxygen atoms in total. The molecule has 2 rings (SSSR count). The van der Waals surface area contributed by atoms with E-state index < -0.39 is 0 Å². The lowest BCUT2D eigenvalue weighted by molar-refractivity contribution is 0.112. The molecule has 0 saturated heterocycles. The summed E-state index contributed by atoms with van der Waals surface area (Å²) in [5, 5.41) is 6.76. The number of nitrogens with one attached hydrogen (secondary N) is 1. The number of hydrogen-bond donors (Lipinski definition) is 1. The summed E-state index contributed by atoms with van der Waals surface area (Å²) in [6.07, 6.45) is 3.46. The van der Waals surface area contributed by atoms with Gasteiger partial charge in [0.05, 0.1) is 17.5 Å². The maximum absolute atomic E-state index is 10.9. The second-order valence-corrected chi connectivity index (χ2v) is 5.13. The Kier molecular flexibility index (Phi) is 3.32. The second-order valence-electron chi connectivity index (χ2n) is 5.13. The molecule has 2 aromatic rings. The molecule has 0 amide bonds. The molecule has 3 heteroatoms. The number of aromatic amines is 1. The van der Waals surface area contributed by atoms with Crippen LogP contribution in [-0.2, 0) is 5.41 Å². The highest BCUT2D eigenvalue weighted by Gasteiger charge is 2.18. The minimum Gasteiger partial charge on any atom is -0.298 e. The third kappa shape index (κ3) is 2.21. The molecular formula is C15H18N2O. The topological polar surface area (TPSA) is 45.8 Å². The van der Waals surface area contributed by atoms with E-state index in [1.165, 1.54) is 5.56 Å². The second kappa shape index (κ2) is 4.77. The van der Waals surface area contributed by atoms with E-state index in [1.54, 1.807) is 6.20 Å². The van der Waals surface area contributed by atoms with E-state index in [0.29, 0.717) is 5.56 Å². The summed E-state index contributed by atoms with van der Waals surface area (Å²) >= 11 is 0. The van der Waals surface area contributed by atoms with Crippen LogP contribution in [0, 0.1) is 0 Å². The van der Waals surface area contributed by atoms with Gasteiger partial charge in [-0.1, -0.05) is 45.0 Å². The molecule has 1 heterocycles. The number of H-pyrrole nitrogens is 1. The Labute approximate surface area is 107 Å². The van der Waals surface area contributed by atoms with Crippen LogP contribution in [0.2, 0.25) is 0 Å². The summed E-state index contributed by atoms with van der Waals surface area (Å²) in [6.45, 7) is 6.65. The maximum Gasteiger partial charge on any atom is 0.153 e. The smallest absolute Gasteiger partial charge is 0.153 e. The van der Waals surface area contributed by atoms with Gasteiger partial charge in [-0.05, 0) is 17.4 Å². The number of rotatable bonds is 4. The van der Waals surface area contributed by atoms with Crippen molar-refractivity contribution in [3.63, 3.8) is 0 Å². The van der Waals surface area contributed by atoms with E-state index in [2.05, 4.69) is 43.1 Å². The van der Waals surface area contributed by atoms with Crippen LogP contribution >= 0.6 is 0 Å². The van der Waals surface area contributed by atoms with Crippen LogP contribution in [0.4, 0.5) is 0 Å². The third-order valence-corrected chi connectivity index (χ3v) is 3.63. The van der Waals surface area contributed by atoms with Crippen LogP contribution in [0.1, 0.15) is 43.1 Å². The van der Waals surface area contributed by atoms with Crippen molar-refractivity contribution in [2.45, 2.75) is 32.6 Å². The summed E-state index contributed by atoms with van der Waals surface area (Å²) in [5.41, 5.74) is 3.86. The third-order valence-electron chi connectivity index (χ3n) is 3.63. The van der Waals surface area contributed by atoms with Gasteiger partial charge in [0.2, 0.25) is 0 Å². The van der Waals surface area contributed by atoms with Crippen molar-refractivity contribution < 1.29 is 4.79 Å². The van der Waals surface area contributed by atoms with Crippen molar-refractivity contribution in [2.24, 2.45) is 0 Å². The molecule has 0 radical (unpaired) electrons. The number of aromatic nitrogens is 2. The summed E-state index contributed by atoms with van der Waals surface area (Å²) in [6, 6.07) is 8.31. The van der Waals surface area contributed by atoms with Gasteiger partial charge in [-0.15, -0.1) is 0 Å². The zero-order valence-electron chi connectivity index (χ0n) is 11.0. The Balaban J connectivity index is 2.36. The summed E-state index contributed by atoms with van der Waals surface area (Å²) in [5.74, 6) is 0. The molecule has 0 spiro atoms. The monoisotopic (exact) mass is 242 g/mol. The quantitative estimate of drug-likeness (QED) is 0.833. The number of carbonyl (C=O) groups is 1. The van der Waals surface area contributed by atoms with Crippen molar-refractivity contribution in [1.29, 1.82) is 0 Å². The highest BCUT2D eigenvalue weighted by Crippen LogP contribution is 2.29.